The van der Waals surface area contributed by atoms with Gasteiger partial charge in [0.05, 0.1) is 17.6 Å². The molecule has 0 spiro atoms. The number of nitrogens with zero attached hydrogens (tertiary/aromatic N) is 3. The van der Waals surface area contributed by atoms with Gasteiger partial charge in [0, 0.05) is 17.8 Å². The summed E-state index contributed by atoms with van der Waals surface area (Å²) in [5.74, 6) is 0.476. The van der Waals surface area contributed by atoms with E-state index in [9.17, 15) is 4.79 Å². The minimum Gasteiger partial charge on any atom is -0.480 e. The molecule has 7 heteroatoms. The highest BCUT2D eigenvalue weighted by atomic mass is 16.4. The van der Waals surface area contributed by atoms with Gasteiger partial charge in [-0.25, -0.2) is 4.98 Å². The maximum absolute atomic E-state index is 11.1. The highest BCUT2D eigenvalue weighted by molar-refractivity contribution is 5.74. The number of H-pyrrole nitrogens is 1. The number of nitrogens with two attached hydrogens (primary N) is 1. The van der Waals surface area contributed by atoms with Crippen LogP contribution in [0.4, 0.5) is 0 Å². The number of aromatic amines is 1. The van der Waals surface area contributed by atoms with E-state index in [1.54, 1.807) is 0 Å². The zero-order valence-electron chi connectivity index (χ0n) is 17.8. The fourth-order valence-electron chi connectivity index (χ4n) is 4.55. The second kappa shape index (κ2) is 10.0. The van der Waals surface area contributed by atoms with Crippen LogP contribution >= 0.6 is 0 Å². The molecule has 3 aromatic rings. The lowest BCUT2D eigenvalue weighted by atomic mass is 9.84. The smallest absolute Gasteiger partial charge is 0.320 e. The lowest BCUT2D eigenvalue weighted by Crippen LogP contribution is -2.33. The molecule has 0 saturated heterocycles. The monoisotopic (exact) mass is 421 g/mol. The Balaban J connectivity index is 1.42. The van der Waals surface area contributed by atoms with Gasteiger partial charge in [0.15, 0.2) is 0 Å². The van der Waals surface area contributed by atoms with Crippen LogP contribution in [0.25, 0.3) is 11.0 Å². The van der Waals surface area contributed by atoms with Crippen molar-refractivity contribution < 1.29 is 9.90 Å². The summed E-state index contributed by atoms with van der Waals surface area (Å²) < 4.78 is 0. The normalized spacial score (nSPS) is 17.0. The van der Waals surface area contributed by atoms with Crippen LogP contribution in [0.5, 0.6) is 0 Å². The number of para-hydroxylation sites is 2. The van der Waals surface area contributed by atoms with Crippen molar-refractivity contribution in [1.29, 1.82) is 0 Å². The molecule has 2 atom stereocenters. The van der Waals surface area contributed by atoms with Gasteiger partial charge in [-0.05, 0) is 75.4 Å². The molecule has 31 heavy (non-hydrogen) atoms. The molecule has 2 heterocycles. The van der Waals surface area contributed by atoms with Gasteiger partial charge in [-0.2, -0.15) is 0 Å². The third kappa shape index (κ3) is 5.48. The lowest BCUT2D eigenvalue weighted by Gasteiger charge is -2.28. The Labute approximate surface area is 182 Å². The Kier molecular flexibility index (Phi) is 6.94. The third-order valence-electron chi connectivity index (χ3n) is 6.22. The van der Waals surface area contributed by atoms with Crippen molar-refractivity contribution in [3.05, 3.63) is 59.7 Å². The Bertz CT molecular complexity index is 985. The van der Waals surface area contributed by atoms with E-state index in [0.29, 0.717) is 18.9 Å². The maximum Gasteiger partial charge on any atom is 0.320 e. The van der Waals surface area contributed by atoms with Gasteiger partial charge in [-0.1, -0.05) is 18.2 Å². The second-order valence-corrected chi connectivity index (χ2v) is 8.49. The molecule has 1 aliphatic rings. The van der Waals surface area contributed by atoms with Crippen LogP contribution in [0.3, 0.4) is 0 Å². The summed E-state index contributed by atoms with van der Waals surface area (Å²) in [5.41, 5.74) is 10.4. The number of pyridine rings is 1. The van der Waals surface area contributed by atoms with Crippen molar-refractivity contribution in [2.24, 2.45) is 5.73 Å². The molecule has 0 radical (unpaired) electrons. The summed E-state index contributed by atoms with van der Waals surface area (Å²) in [6.45, 7) is 2.42. The number of carbonyl (C=O) groups is 1. The first-order valence-electron chi connectivity index (χ1n) is 11.2. The summed E-state index contributed by atoms with van der Waals surface area (Å²) >= 11 is 0. The molecule has 1 aromatic carbocycles. The summed E-state index contributed by atoms with van der Waals surface area (Å²) in [6.07, 6.45) is 7.65. The minimum atomic E-state index is -0.936. The molecule has 1 aliphatic carbocycles. The van der Waals surface area contributed by atoms with E-state index in [2.05, 4.69) is 20.9 Å². The number of aliphatic carboxylic acids is 1. The van der Waals surface area contributed by atoms with Crippen LogP contribution in [0.15, 0.2) is 42.6 Å². The standard InChI is InChI=1S/C24H31N5O2/c25-19(24(30)31)9-5-14-29(16-22-27-20-10-1-2-11-21(20)28-22)15-12-18-7-3-6-17-8-4-13-26-23(17)18/h1-2,4,8,10-11,13,18-19H,3,5-7,9,12,14-16,25H2,(H,27,28)(H,30,31)/t18?,19-/m0/s1. The molecule has 0 fully saturated rings. The van der Waals surface area contributed by atoms with E-state index in [-0.39, 0.29) is 0 Å². The van der Waals surface area contributed by atoms with Crippen LogP contribution in [-0.2, 0) is 17.8 Å². The number of hydrogen-bond donors (Lipinski definition) is 3. The number of carboxylic acids is 1. The summed E-state index contributed by atoms with van der Waals surface area (Å²) in [7, 11) is 0. The molecule has 0 bridgehead atoms. The second-order valence-electron chi connectivity index (χ2n) is 8.49. The molecule has 0 saturated carbocycles. The van der Waals surface area contributed by atoms with E-state index >= 15 is 0 Å². The van der Waals surface area contributed by atoms with E-state index < -0.39 is 12.0 Å². The van der Waals surface area contributed by atoms with E-state index in [0.717, 1.165) is 49.2 Å². The molecule has 7 nitrogen and oxygen atoms in total. The first-order chi connectivity index (χ1) is 15.1. The molecule has 0 amide bonds. The number of aromatic nitrogens is 3. The van der Waals surface area contributed by atoms with Gasteiger partial charge in [-0.15, -0.1) is 0 Å². The van der Waals surface area contributed by atoms with Crippen molar-refractivity contribution in [2.45, 2.75) is 57.0 Å². The van der Waals surface area contributed by atoms with Crippen LogP contribution in [0.1, 0.15) is 55.1 Å². The van der Waals surface area contributed by atoms with Crippen molar-refractivity contribution in [1.82, 2.24) is 19.9 Å². The number of aryl methyl sites for hydroxylation is 1. The first-order valence-corrected chi connectivity index (χ1v) is 11.2. The highest BCUT2D eigenvalue weighted by Gasteiger charge is 2.22. The van der Waals surface area contributed by atoms with Gasteiger partial charge in [-0.3, -0.25) is 14.7 Å². The number of nitrogens with one attached hydrogen (secondary N) is 1. The van der Waals surface area contributed by atoms with Gasteiger partial charge in [0.25, 0.3) is 0 Å². The number of hydrogen-bond acceptors (Lipinski definition) is 5. The molecule has 4 rings (SSSR count). The molecular formula is C24H31N5O2. The number of rotatable bonds is 10. The zero-order chi connectivity index (χ0) is 21.6. The van der Waals surface area contributed by atoms with Crippen LogP contribution in [0.2, 0.25) is 0 Å². The first kappa shape index (κ1) is 21.5. The van der Waals surface area contributed by atoms with Crippen LogP contribution in [-0.4, -0.2) is 50.1 Å². The number of benzene rings is 1. The molecule has 0 aliphatic heterocycles. The van der Waals surface area contributed by atoms with Gasteiger partial charge in [0.2, 0.25) is 0 Å². The van der Waals surface area contributed by atoms with Crippen molar-refractivity contribution in [3.8, 4) is 0 Å². The number of imidazole rings is 1. The molecular weight excluding hydrogens is 390 g/mol. The van der Waals surface area contributed by atoms with E-state index in [1.807, 2.05) is 36.5 Å². The maximum atomic E-state index is 11.1. The molecule has 4 N–H and O–H groups in total. The van der Waals surface area contributed by atoms with E-state index in [1.165, 1.54) is 24.1 Å². The number of fused-ring (bicyclic) bond motifs is 2. The Morgan fingerprint density at radius 2 is 2.13 bits per heavy atom. The molecule has 1 unspecified atom stereocenters. The topological polar surface area (TPSA) is 108 Å². The highest BCUT2D eigenvalue weighted by Crippen LogP contribution is 2.32. The summed E-state index contributed by atoms with van der Waals surface area (Å²) in [5, 5.41) is 9.07. The van der Waals surface area contributed by atoms with Crippen molar-refractivity contribution >= 4 is 17.0 Å². The Morgan fingerprint density at radius 1 is 1.26 bits per heavy atom. The fraction of sp³-hybridized carbons (Fsp3) is 0.458. The predicted molar refractivity (Wildman–Crippen MR) is 121 cm³/mol. The van der Waals surface area contributed by atoms with Crippen LogP contribution in [0, 0.1) is 0 Å². The largest absolute Gasteiger partial charge is 0.480 e. The molecule has 164 valence electrons. The quantitative estimate of drug-likeness (QED) is 0.463. The van der Waals surface area contributed by atoms with Crippen molar-refractivity contribution in [2.75, 3.05) is 13.1 Å². The van der Waals surface area contributed by atoms with Gasteiger partial charge < -0.3 is 15.8 Å². The SMILES string of the molecule is N[C@@H](CCCN(CCC1CCCc2cccnc21)Cc1nc2ccccc2[nH]1)C(=O)O. The van der Waals surface area contributed by atoms with E-state index in [4.69, 9.17) is 15.8 Å². The van der Waals surface area contributed by atoms with Gasteiger partial charge in [0.1, 0.15) is 11.9 Å². The average Bonchev–Trinajstić information content (AvgIpc) is 3.19. The minimum absolute atomic E-state index is 0.472. The third-order valence-corrected chi connectivity index (χ3v) is 6.22. The van der Waals surface area contributed by atoms with Crippen molar-refractivity contribution in [3.63, 3.8) is 0 Å². The number of carboxylic acid groups (broad SMARTS) is 1. The summed E-state index contributed by atoms with van der Waals surface area (Å²) in [4.78, 5) is 26.2. The molecule has 2 aromatic heterocycles. The Hall–Kier alpha value is -2.77. The van der Waals surface area contributed by atoms with Gasteiger partial charge >= 0.3 is 5.97 Å². The summed E-state index contributed by atoms with van der Waals surface area (Å²) in [6, 6.07) is 11.5. The average molecular weight is 422 g/mol. The zero-order valence-corrected chi connectivity index (χ0v) is 17.8. The fourth-order valence-corrected chi connectivity index (χ4v) is 4.55. The predicted octanol–water partition coefficient (Wildman–Crippen LogP) is 3.46. The lowest BCUT2D eigenvalue weighted by molar-refractivity contribution is -0.138. The van der Waals surface area contributed by atoms with Crippen LogP contribution < -0.4 is 5.73 Å². The Morgan fingerprint density at radius 3 is 2.97 bits per heavy atom.